The van der Waals surface area contributed by atoms with Crippen LogP contribution in [0.15, 0.2) is 42.7 Å². The molecule has 7 nitrogen and oxygen atoms in total. The third kappa shape index (κ3) is 3.75. The molecule has 1 N–H and O–H groups in total. The normalized spacial score (nSPS) is 10.1. The van der Waals surface area contributed by atoms with E-state index in [4.69, 9.17) is 0 Å². The second-order valence-corrected chi connectivity index (χ2v) is 4.56. The van der Waals surface area contributed by atoms with Crippen LogP contribution in [0.3, 0.4) is 0 Å². The highest BCUT2D eigenvalue weighted by molar-refractivity contribution is 5.91. The molecular weight excluding hydrogens is 291 g/mol. The lowest BCUT2D eigenvalue weighted by Crippen LogP contribution is -2.31. The van der Waals surface area contributed by atoms with Crippen LogP contribution in [0.1, 0.15) is 5.56 Å². The van der Waals surface area contributed by atoms with E-state index < -0.39 is 11.0 Å². The number of anilines is 1. The maximum atomic E-state index is 12.8. The van der Waals surface area contributed by atoms with Gasteiger partial charge in [0.1, 0.15) is 17.7 Å². The minimum atomic E-state index is -0.622. The standard InChI is InChI=1S/C14H13FN4O3/c1-18(9-10-2-4-11(15)5-3-10)14(20)17-12-6-7-16-8-13(12)19(21)22/h2-8H,9H2,1H3,(H,16,17,20). The van der Waals surface area contributed by atoms with Gasteiger partial charge in [0.25, 0.3) is 0 Å². The van der Waals surface area contributed by atoms with Crippen molar-refractivity contribution < 1.29 is 14.1 Å². The molecule has 0 saturated heterocycles. The first-order valence-corrected chi connectivity index (χ1v) is 6.32. The fraction of sp³-hybridized carbons (Fsp3) is 0.143. The molecular formula is C14H13FN4O3. The Bertz CT molecular complexity index is 691. The summed E-state index contributed by atoms with van der Waals surface area (Å²) in [5.74, 6) is -0.358. The van der Waals surface area contributed by atoms with Gasteiger partial charge in [-0.2, -0.15) is 0 Å². The van der Waals surface area contributed by atoms with Crippen molar-refractivity contribution in [3.63, 3.8) is 0 Å². The van der Waals surface area contributed by atoms with Gasteiger partial charge in [-0.3, -0.25) is 15.1 Å². The molecule has 22 heavy (non-hydrogen) atoms. The van der Waals surface area contributed by atoms with Crippen molar-refractivity contribution in [3.8, 4) is 0 Å². The van der Waals surface area contributed by atoms with Crippen LogP contribution in [-0.2, 0) is 6.54 Å². The van der Waals surface area contributed by atoms with Crippen LogP contribution in [0, 0.1) is 15.9 Å². The van der Waals surface area contributed by atoms with Gasteiger partial charge < -0.3 is 10.2 Å². The highest BCUT2D eigenvalue weighted by atomic mass is 19.1. The van der Waals surface area contributed by atoms with E-state index in [1.807, 2.05) is 0 Å². The van der Waals surface area contributed by atoms with Crippen molar-refractivity contribution in [3.05, 3.63) is 64.2 Å². The minimum absolute atomic E-state index is 0.0657. The number of hydrogen-bond acceptors (Lipinski definition) is 4. The second-order valence-electron chi connectivity index (χ2n) is 4.56. The smallest absolute Gasteiger partial charge is 0.322 e. The van der Waals surface area contributed by atoms with E-state index in [0.717, 1.165) is 11.8 Å². The molecule has 1 heterocycles. The van der Waals surface area contributed by atoms with Crippen molar-refractivity contribution in [2.24, 2.45) is 0 Å². The van der Waals surface area contributed by atoms with Gasteiger partial charge in [0, 0.05) is 19.8 Å². The number of carbonyl (C=O) groups excluding carboxylic acids is 1. The van der Waals surface area contributed by atoms with Crippen LogP contribution in [0.5, 0.6) is 0 Å². The Morgan fingerprint density at radius 1 is 1.36 bits per heavy atom. The predicted molar refractivity (Wildman–Crippen MR) is 77.8 cm³/mol. The van der Waals surface area contributed by atoms with Crippen molar-refractivity contribution >= 4 is 17.4 Å². The quantitative estimate of drug-likeness (QED) is 0.695. The largest absolute Gasteiger partial charge is 0.323 e. The number of rotatable bonds is 4. The molecule has 0 unspecified atom stereocenters. The molecule has 2 amide bonds. The SMILES string of the molecule is CN(Cc1ccc(F)cc1)C(=O)Nc1ccncc1[N+](=O)[O-]. The van der Waals surface area contributed by atoms with E-state index in [-0.39, 0.29) is 23.7 Å². The fourth-order valence-corrected chi connectivity index (χ4v) is 1.78. The first-order valence-electron chi connectivity index (χ1n) is 6.32. The monoisotopic (exact) mass is 304 g/mol. The van der Waals surface area contributed by atoms with Crippen LogP contribution in [-0.4, -0.2) is 27.9 Å². The molecule has 1 aromatic carbocycles. The number of amides is 2. The molecule has 0 aliphatic carbocycles. The Morgan fingerprint density at radius 3 is 2.68 bits per heavy atom. The topological polar surface area (TPSA) is 88.4 Å². The molecule has 2 aromatic rings. The zero-order valence-corrected chi connectivity index (χ0v) is 11.7. The average molecular weight is 304 g/mol. The second kappa shape index (κ2) is 6.61. The van der Waals surface area contributed by atoms with E-state index in [1.165, 1.54) is 36.3 Å². The maximum Gasteiger partial charge on any atom is 0.322 e. The molecule has 0 aliphatic rings. The first-order chi connectivity index (χ1) is 10.5. The van der Waals surface area contributed by atoms with E-state index in [0.29, 0.717) is 0 Å². The third-order valence-electron chi connectivity index (χ3n) is 2.92. The van der Waals surface area contributed by atoms with Crippen LogP contribution >= 0.6 is 0 Å². The van der Waals surface area contributed by atoms with Gasteiger partial charge in [-0.25, -0.2) is 9.18 Å². The van der Waals surface area contributed by atoms with Crippen molar-refractivity contribution in [1.82, 2.24) is 9.88 Å². The number of nitrogens with one attached hydrogen (secondary N) is 1. The number of hydrogen-bond donors (Lipinski definition) is 1. The Balaban J connectivity index is 2.05. The summed E-state index contributed by atoms with van der Waals surface area (Å²) in [6, 6.07) is 6.56. The highest BCUT2D eigenvalue weighted by Crippen LogP contribution is 2.22. The van der Waals surface area contributed by atoms with Gasteiger partial charge >= 0.3 is 11.7 Å². The van der Waals surface area contributed by atoms with Crippen LogP contribution in [0.25, 0.3) is 0 Å². The van der Waals surface area contributed by atoms with Crippen molar-refractivity contribution in [2.45, 2.75) is 6.54 Å². The molecule has 0 saturated carbocycles. The van der Waals surface area contributed by atoms with Gasteiger partial charge in [-0.05, 0) is 23.8 Å². The number of nitrogens with zero attached hydrogens (tertiary/aromatic N) is 3. The Labute approximate surface area is 125 Å². The molecule has 114 valence electrons. The molecule has 8 heteroatoms. The number of pyridine rings is 1. The maximum absolute atomic E-state index is 12.8. The molecule has 1 aromatic heterocycles. The number of halogens is 1. The van der Waals surface area contributed by atoms with Gasteiger partial charge in [-0.15, -0.1) is 0 Å². The highest BCUT2D eigenvalue weighted by Gasteiger charge is 2.17. The number of aromatic nitrogens is 1. The number of benzene rings is 1. The van der Waals surface area contributed by atoms with Crippen molar-refractivity contribution in [2.75, 3.05) is 12.4 Å². The van der Waals surface area contributed by atoms with Gasteiger partial charge in [0.05, 0.1) is 4.92 Å². The summed E-state index contributed by atoms with van der Waals surface area (Å²) in [5, 5.41) is 13.3. The molecule has 0 aliphatic heterocycles. The third-order valence-corrected chi connectivity index (χ3v) is 2.92. The molecule has 0 bridgehead atoms. The first kappa shape index (κ1) is 15.4. The zero-order valence-electron chi connectivity index (χ0n) is 11.7. The lowest BCUT2D eigenvalue weighted by Gasteiger charge is -2.18. The summed E-state index contributed by atoms with van der Waals surface area (Å²) in [5.41, 5.74) is 0.519. The van der Waals surface area contributed by atoms with Crippen molar-refractivity contribution in [1.29, 1.82) is 0 Å². The zero-order chi connectivity index (χ0) is 16.1. The van der Waals surface area contributed by atoms with E-state index in [2.05, 4.69) is 10.3 Å². The van der Waals surface area contributed by atoms with Gasteiger partial charge in [0.15, 0.2) is 0 Å². The van der Waals surface area contributed by atoms with E-state index in [9.17, 15) is 19.3 Å². The number of nitro groups is 1. The molecule has 0 radical (unpaired) electrons. The Hall–Kier alpha value is -3.03. The van der Waals surface area contributed by atoms with Crippen LogP contribution in [0.4, 0.5) is 20.6 Å². The molecule has 0 fully saturated rings. The molecule has 0 atom stereocenters. The summed E-state index contributed by atoms with van der Waals surface area (Å²) >= 11 is 0. The predicted octanol–water partition coefficient (Wildman–Crippen LogP) is 2.79. The minimum Gasteiger partial charge on any atom is -0.323 e. The summed E-state index contributed by atoms with van der Waals surface area (Å²) < 4.78 is 12.8. The average Bonchev–Trinajstić information content (AvgIpc) is 2.49. The Kier molecular flexibility index (Phi) is 4.62. The Morgan fingerprint density at radius 2 is 2.05 bits per heavy atom. The number of carbonyl (C=O) groups is 1. The summed E-state index contributed by atoms with van der Waals surface area (Å²) in [4.78, 5) is 27.3. The van der Waals surface area contributed by atoms with Gasteiger partial charge in [-0.1, -0.05) is 12.1 Å². The summed E-state index contributed by atoms with van der Waals surface area (Å²) in [6.07, 6.45) is 2.41. The van der Waals surface area contributed by atoms with Gasteiger partial charge in [0.2, 0.25) is 0 Å². The van der Waals surface area contributed by atoms with E-state index >= 15 is 0 Å². The summed E-state index contributed by atoms with van der Waals surface area (Å²) in [7, 11) is 1.53. The lowest BCUT2D eigenvalue weighted by molar-refractivity contribution is -0.384. The fourth-order valence-electron chi connectivity index (χ4n) is 1.78. The lowest BCUT2D eigenvalue weighted by atomic mass is 10.2. The van der Waals surface area contributed by atoms with Crippen LogP contribution in [0.2, 0.25) is 0 Å². The molecule has 0 spiro atoms. The number of urea groups is 1. The summed E-state index contributed by atoms with van der Waals surface area (Å²) in [6.45, 7) is 0.241. The van der Waals surface area contributed by atoms with E-state index in [1.54, 1.807) is 12.1 Å². The van der Waals surface area contributed by atoms with Crippen LogP contribution < -0.4 is 5.32 Å². The molecule has 2 rings (SSSR count).